The molecule has 3 N–H and O–H groups in total. The van der Waals surface area contributed by atoms with Gasteiger partial charge in [0.25, 0.3) is 0 Å². The molecule has 0 bridgehead atoms. The highest BCUT2D eigenvalue weighted by Gasteiger charge is 2.39. The van der Waals surface area contributed by atoms with Crippen molar-refractivity contribution in [2.45, 2.75) is 30.7 Å². The van der Waals surface area contributed by atoms with Gasteiger partial charge in [0, 0.05) is 25.0 Å². The van der Waals surface area contributed by atoms with Gasteiger partial charge in [-0.15, -0.1) is 12.4 Å². The normalized spacial score (nSPS) is 22.0. The zero-order chi connectivity index (χ0) is 15.9. The molecule has 2 heterocycles. The molecule has 1 fully saturated rings. The lowest BCUT2D eigenvalue weighted by atomic mass is 9.95. The number of benzene rings is 1. The molecule has 1 aliphatic rings. The third-order valence-corrected chi connectivity index (χ3v) is 6.31. The highest BCUT2D eigenvalue weighted by Crippen LogP contribution is 2.31. The molecule has 1 saturated heterocycles. The number of hydrogen-bond donors (Lipinski definition) is 2. The standard InChI is InChI=1S/C15H20N4O2S.ClH/c1-10-15(11(2)18-17-10)22(20,21)19-8-13(14(16)9-19)12-6-4-3-5-7-12;/h3-7,13-14H,8-9,16H2,1-2H3,(H,17,18);1H/t13-,14+;/m0./s1. The summed E-state index contributed by atoms with van der Waals surface area (Å²) in [5, 5.41) is 6.72. The van der Waals surface area contributed by atoms with Crippen LogP contribution in [0.4, 0.5) is 0 Å². The number of hydrogen-bond acceptors (Lipinski definition) is 4. The minimum absolute atomic E-state index is 0. The van der Waals surface area contributed by atoms with Gasteiger partial charge in [-0.1, -0.05) is 30.3 Å². The van der Waals surface area contributed by atoms with Crippen LogP contribution in [0.1, 0.15) is 22.9 Å². The topological polar surface area (TPSA) is 92.1 Å². The summed E-state index contributed by atoms with van der Waals surface area (Å²) in [7, 11) is -3.57. The van der Waals surface area contributed by atoms with Gasteiger partial charge in [0.1, 0.15) is 4.90 Å². The van der Waals surface area contributed by atoms with Crippen LogP contribution >= 0.6 is 12.4 Å². The lowest BCUT2D eigenvalue weighted by Crippen LogP contribution is -2.32. The molecule has 1 aliphatic heterocycles. The Hall–Kier alpha value is -1.41. The molecule has 1 aromatic carbocycles. The number of sulfonamides is 1. The first-order chi connectivity index (χ1) is 10.4. The maximum Gasteiger partial charge on any atom is 0.246 e. The molecule has 8 heteroatoms. The van der Waals surface area contributed by atoms with Gasteiger partial charge in [-0.3, -0.25) is 5.10 Å². The molecule has 0 saturated carbocycles. The number of aryl methyl sites for hydroxylation is 2. The molecule has 0 amide bonds. The first-order valence-corrected chi connectivity index (χ1v) is 8.67. The first-order valence-electron chi connectivity index (χ1n) is 7.23. The Morgan fingerprint density at radius 3 is 2.43 bits per heavy atom. The van der Waals surface area contributed by atoms with E-state index >= 15 is 0 Å². The van der Waals surface area contributed by atoms with E-state index in [1.807, 2.05) is 30.3 Å². The van der Waals surface area contributed by atoms with Crippen LogP contribution in [0.25, 0.3) is 0 Å². The largest absolute Gasteiger partial charge is 0.326 e. The lowest BCUT2D eigenvalue weighted by Gasteiger charge is -2.16. The van der Waals surface area contributed by atoms with E-state index in [-0.39, 0.29) is 29.3 Å². The van der Waals surface area contributed by atoms with Gasteiger partial charge in [0.05, 0.1) is 11.4 Å². The Kier molecular flexibility index (Phi) is 5.15. The molecule has 0 aliphatic carbocycles. The number of aromatic nitrogens is 2. The molecule has 23 heavy (non-hydrogen) atoms. The van der Waals surface area contributed by atoms with Crippen LogP contribution in [0.15, 0.2) is 35.2 Å². The number of rotatable bonds is 3. The molecule has 1 aromatic heterocycles. The predicted octanol–water partition coefficient (Wildman–Crippen LogP) is 1.56. The number of aromatic amines is 1. The molecule has 2 aromatic rings. The Labute approximate surface area is 142 Å². The summed E-state index contributed by atoms with van der Waals surface area (Å²) in [4.78, 5) is 0.272. The van der Waals surface area contributed by atoms with Crippen molar-refractivity contribution in [2.24, 2.45) is 5.73 Å². The molecular weight excluding hydrogens is 336 g/mol. The van der Waals surface area contributed by atoms with Crippen molar-refractivity contribution in [1.29, 1.82) is 0 Å². The SMILES string of the molecule is Cc1n[nH]c(C)c1S(=O)(=O)N1C[C@@H](N)[C@H](c2ccccc2)C1.Cl. The number of nitrogens with two attached hydrogens (primary N) is 1. The quantitative estimate of drug-likeness (QED) is 0.873. The molecule has 126 valence electrons. The monoisotopic (exact) mass is 356 g/mol. The van der Waals surface area contributed by atoms with E-state index in [1.54, 1.807) is 13.8 Å². The fraction of sp³-hybridized carbons (Fsp3) is 0.400. The number of nitrogens with zero attached hydrogens (tertiary/aromatic N) is 2. The van der Waals surface area contributed by atoms with Crippen LogP contribution < -0.4 is 5.73 Å². The van der Waals surface area contributed by atoms with Gasteiger partial charge in [-0.05, 0) is 19.4 Å². The Balaban J connectivity index is 0.00000192. The zero-order valence-corrected chi connectivity index (χ0v) is 14.7. The second-order valence-corrected chi connectivity index (χ2v) is 7.64. The Bertz CT molecular complexity index is 757. The minimum atomic E-state index is -3.57. The Morgan fingerprint density at radius 1 is 1.22 bits per heavy atom. The van der Waals surface area contributed by atoms with E-state index in [1.165, 1.54) is 4.31 Å². The van der Waals surface area contributed by atoms with Crippen molar-refractivity contribution in [3.8, 4) is 0 Å². The van der Waals surface area contributed by atoms with E-state index in [9.17, 15) is 8.42 Å². The smallest absolute Gasteiger partial charge is 0.246 e. The van der Waals surface area contributed by atoms with Gasteiger partial charge in [-0.25, -0.2) is 8.42 Å². The van der Waals surface area contributed by atoms with Crippen LogP contribution in [0.5, 0.6) is 0 Å². The van der Waals surface area contributed by atoms with Crippen LogP contribution in [0.3, 0.4) is 0 Å². The average Bonchev–Trinajstić information content (AvgIpc) is 3.03. The Morgan fingerprint density at radius 2 is 1.87 bits per heavy atom. The number of nitrogens with one attached hydrogen (secondary N) is 1. The first kappa shape index (κ1) is 17.9. The molecule has 2 atom stereocenters. The van der Waals surface area contributed by atoms with Crippen LogP contribution in [0, 0.1) is 13.8 Å². The van der Waals surface area contributed by atoms with E-state index in [0.29, 0.717) is 24.5 Å². The summed E-state index contributed by atoms with van der Waals surface area (Å²) in [6.07, 6.45) is 0. The van der Waals surface area contributed by atoms with E-state index in [4.69, 9.17) is 5.73 Å². The molecule has 6 nitrogen and oxygen atoms in total. The van der Waals surface area contributed by atoms with Crippen molar-refractivity contribution >= 4 is 22.4 Å². The summed E-state index contributed by atoms with van der Waals surface area (Å²) in [5.74, 6) is 0.0171. The fourth-order valence-corrected chi connectivity index (χ4v) is 4.93. The van der Waals surface area contributed by atoms with Crippen molar-refractivity contribution < 1.29 is 8.42 Å². The summed E-state index contributed by atoms with van der Waals surface area (Å²) in [6, 6.07) is 9.62. The van der Waals surface area contributed by atoms with Crippen molar-refractivity contribution in [3.05, 3.63) is 47.3 Å². The summed E-state index contributed by atoms with van der Waals surface area (Å²) in [6.45, 7) is 4.14. The fourth-order valence-electron chi connectivity index (χ4n) is 3.09. The number of H-pyrrole nitrogens is 1. The highest BCUT2D eigenvalue weighted by atomic mass is 35.5. The van der Waals surface area contributed by atoms with E-state index in [2.05, 4.69) is 10.2 Å². The molecule has 0 spiro atoms. The second-order valence-electron chi connectivity index (χ2n) is 5.77. The highest BCUT2D eigenvalue weighted by molar-refractivity contribution is 7.89. The van der Waals surface area contributed by atoms with Crippen LogP contribution in [-0.4, -0.2) is 42.1 Å². The number of halogens is 1. The van der Waals surface area contributed by atoms with E-state index in [0.717, 1.165) is 5.56 Å². The maximum absolute atomic E-state index is 12.9. The second kappa shape index (κ2) is 6.60. The predicted molar refractivity (Wildman–Crippen MR) is 91.2 cm³/mol. The van der Waals surface area contributed by atoms with Crippen LogP contribution in [-0.2, 0) is 10.0 Å². The minimum Gasteiger partial charge on any atom is -0.326 e. The van der Waals surface area contributed by atoms with Gasteiger partial charge < -0.3 is 5.73 Å². The van der Waals surface area contributed by atoms with E-state index < -0.39 is 10.0 Å². The molecule has 3 rings (SSSR count). The van der Waals surface area contributed by atoms with Gasteiger partial charge in [0.2, 0.25) is 10.0 Å². The maximum atomic E-state index is 12.9. The zero-order valence-electron chi connectivity index (χ0n) is 13.1. The summed E-state index contributed by atoms with van der Waals surface area (Å²) >= 11 is 0. The van der Waals surface area contributed by atoms with Crippen molar-refractivity contribution in [2.75, 3.05) is 13.1 Å². The average molecular weight is 357 g/mol. The van der Waals surface area contributed by atoms with Crippen LogP contribution in [0.2, 0.25) is 0 Å². The summed E-state index contributed by atoms with van der Waals surface area (Å²) in [5.41, 5.74) is 8.33. The third-order valence-electron chi connectivity index (χ3n) is 4.22. The van der Waals surface area contributed by atoms with Gasteiger partial charge in [-0.2, -0.15) is 9.40 Å². The molecule has 0 unspecified atom stereocenters. The summed E-state index contributed by atoms with van der Waals surface area (Å²) < 4.78 is 27.2. The third kappa shape index (κ3) is 3.14. The molecule has 0 radical (unpaired) electrons. The van der Waals surface area contributed by atoms with Crippen molar-refractivity contribution in [3.63, 3.8) is 0 Å². The lowest BCUT2D eigenvalue weighted by molar-refractivity contribution is 0.469. The van der Waals surface area contributed by atoms with Gasteiger partial charge >= 0.3 is 0 Å². The van der Waals surface area contributed by atoms with Gasteiger partial charge in [0.15, 0.2) is 0 Å². The van der Waals surface area contributed by atoms with Crippen molar-refractivity contribution in [1.82, 2.24) is 14.5 Å². The molecular formula is C15H21ClN4O2S.